The van der Waals surface area contributed by atoms with Gasteiger partial charge in [0.05, 0.1) is 0 Å². The largest absolute Gasteiger partial charge is 4.00 e. The average molecular weight is 221 g/mol. The summed E-state index contributed by atoms with van der Waals surface area (Å²) in [6.07, 6.45) is 1.50. The molecule has 13 heavy (non-hydrogen) atoms. The van der Waals surface area contributed by atoms with E-state index in [4.69, 9.17) is 0 Å². The second kappa shape index (κ2) is 86.7. The standard InChI is InChI=1S/C3H5.3C2H6N.Ti/c4*1-3-2;/h3H,1-2H2;3*1-2H3;/q4*-1;+4. The maximum Gasteiger partial charge on any atom is 4.00 e. The Morgan fingerprint density at radius 1 is 0.846 bits per heavy atom. The van der Waals surface area contributed by atoms with Gasteiger partial charge in [-0.2, -0.15) is 42.3 Å². The molecular formula is C9H23N3Ti. The zero-order valence-electron chi connectivity index (χ0n) is 9.83. The predicted octanol–water partition coefficient (Wildman–Crippen LogP) is 2.86. The smallest absolute Gasteiger partial charge is 0.668 e. The first-order valence-electron chi connectivity index (χ1n) is 3.50. The third kappa shape index (κ3) is 30500. The summed E-state index contributed by atoms with van der Waals surface area (Å²) in [7, 11) is 10.5. The number of allylic oxidation sites excluding steroid dienone is 1. The molecule has 0 bridgehead atoms. The maximum absolute atomic E-state index is 3.50. The van der Waals surface area contributed by atoms with Gasteiger partial charge >= 0.3 is 21.7 Å². The monoisotopic (exact) mass is 221 g/mol. The zero-order chi connectivity index (χ0) is 10.8. The number of hydrogen-bond donors (Lipinski definition) is 0. The number of nitrogens with zero attached hydrogens (tertiary/aromatic N) is 3. The Balaban J connectivity index is -0.0000000213. The Morgan fingerprint density at radius 3 is 0.846 bits per heavy atom. The molecule has 0 rings (SSSR count). The van der Waals surface area contributed by atoms with Crippen LogP contribution in [0, 0.1) is 6.92 Å². The molecule has 0 saturated carbocycles. The SMILES string of the molecule is C=C[CH2-].C[N-]C.C[N-]C.C[N-]C.[Ti+4]. The molecule has 0 radical (unpaired) electrons. The van der Waals surface area contributed by atoms with Gasteiger partial charge in [0.2, 0.25) is 0 Å². The Labute approximate surface area is 99.6 Å². The van der Waals surface area contributed by atoms with Crippen molar-refractivity contribution in [1.82, 2.24) is 0 Å². The molecule has 0 aliphatic heterocycles. The van der Waals surface area contributed by atoms with Crippen LogP contribution < -0.4 is 0 Å². The summed E-state index contributed by atoms with van der Waals surface area (Å²) < 4.78 is 0. The quantitative estimate of drug-likeness (QED) is 0.446. The summed E-state index contributed by atoms with van der Waals surface area (Å²) in [6.45, 7) is 6.50. The van der Waals surface area contributed by atoms with E-state index >= 15 is 0 Å². The van der Waals surface area contributed by atoms with E-state index in [1.807, 2.05) is 0 Å². The van der Waals surface area contributed by atoms with Crippen molar-refractivity contribution in [2.24, 2.45) is 0 Å². The van der Waals surface area contributed by atoms with E-state index in [1.165, 1.54) is 6.08 Å². The topological polar surface area (TPSA) is 42.3 Å². The van der Waals surface area contributed by atoms with Crippen molar-refractivity contribution in [3.63, 3.8) is 0 Å². The molecular weight excluding hydrogens is 198 g/mol. The molecule has 0 amide bonds. The van der Waals surface area contributed by atoms with Gasteiger partial charge in [-0.15, -0.1) is 0 Å². The van der Waals surface area contributed by atoms with Crippen molar-refractivity contribution in [1.29, 1.82) is 0 Å². The van der Waals surface area contributed by atoms with E-state index in [9.17, 15) is 0 Å². The second-order valence-electron chi connectivity index (χ2n) is 1.63. The van der Waals surface area contributed by atoms with Crippen LogP contribution in [0.1, 0.15) is 0 Å². The summed E-state index contributed by atoms with van der Waals surface area (Å²) in [4.78, 5) is 0. The van der Waals surface area contributed by atoms with Crippen LogP contribution >= 0.6 is 0 Å². The van der Waals surface area contributed by atoms with E-state index in [-0.39, 0.29) is 21.7 Å². The van der Waals surface area contributed by atoms with Gasteiger partial charge in [-0.3, -0.25) is 0 Å². The van der Waals surface area contributed by atoms with Gasteiger partial charge in [-0.25, -0.2) is 19.6 Å². The summed E-state index contributed by atoms with van der Waals surface area (Å²) in [6, 6.07) is 0. The Morgan fingerprint density at radius 2 is 0.846 bits per heavy atom. The molecule has 0 aliphatic rings. The molecule has 0 aliphatic carbocycles. The number of rotatable bonds is 0. The van der Waals surface area contributed by atoms with Gasteiger partial charge in [-0.1, -0.05) is 0 Å². The molecule has 0 fully saturated rings. The molecule has 0 heterocycles. The predicted molar refractivity (Wildman–Crippen MR) is 61.2 cm³/mol. The molecule has 3 nitrogen and oxygen atoms in total. The van der Waals surface area contributed by atoms with E-state index < -0.39 is 0 Å². The minimum absolute atomic E-state index is 0. The van der Waals surface area contributed by atoms with Crippen LogP contribution in [0.15, 0.2) is 12.7 Å². The Kier molecular flexibility index (Phi) is 195. The molecule has 78 valence electrons. The minimum atomic E-state index is 0. The summed E-state index contributed by atoms with van der Waals surface area (Å²) in [5.74, 6) is 0. The minimum Gasteiger partial charge on any atom is -0.668 e. The molecule has 0 unspecified atom stereocenters. The van der Waals surface area contributed by atoms with Crippen molar-refractivity contribution in [3.05, 3.63) is 35.5 Å². The van der Waals surface area contributed by atoms with E-state index in [2.05, 4.69) is 29.5 Å². The van der Waals surface area contributed by atoms with E-state index in [1.54, 1.807) is 42.3 Å². The van der Waals surface area contributed by atoms with Gasteiger partial charge in [0.25, 0.3) is 0 Å². The summed E-state index contributed by atoms with van der Waals surface area (Å²) in [5, 5.41) is 10.5. The van der Waals surface area contributed by atoms with Crippen LogP contribution in [0.3, 0.4) is 0 Å². The molecule has 0 aromatic heterocycles. The van der Waals surface area contributed by atoms with Crippen LogP contribution in [0.25, 0.3) is 16.0 Å². The Hall–Kier alpha value is 0.204. The van der Waals surface area contributed by atoms with Crippen molar-refractivity contribution in [2.45, 2.75) is 0 Å². The third-order valence-electron chi connectivity index (χ3n) is 0. The molecule has 0 aromatic carbocycles. The normalized spacial score (nSPS) is 5.08. The molecule has 0 aromatic rings. The fourth-order valence-corrected chi connectivity index (χ4v) is 0. The first-order chi connectivity index (χ1) is 5.66. The van der Waals surface area contributed by atoms with Gasteiger partial charge in [0.15, 0.2) is 0 Å². The van der Waals surface area contributed by atoms with Crippen LogP contribution in [-0.4, -0.2) is 42.3 Å². The van der Waals surface area contributed by atoms with Gasteiger partial charge in [0, 0.05) is 0 Å². The fourth-order valence-electron chi connectivity index (χ4n) is 0. The third-order valence-corrected chi connectivity index (χ3v) is 0. The van der Waals surface area contributed by atoms with Crippen LogP contribution in [0.5, 0.6) is 0 Å². The number of hydrogen-bond acceptors (Lipinski definition) is 0. The van der Waals surface area contributed by atoms with Crippen molar-refractivity contribution in [3.8, 4) is 0 Å². The summed E-state index contributed by atoms with van der Waals surface area (Å²) in [5.41, 5.74) is 0. The van der Waals surface area contributed by atoms with Crippen LogP contribution in [-0.2, 0) is 21.7 Å². The van der Waals surface area contributed by atoms with E-state index in [0.717, 1.165) is 0 Å². The molecule has 0 N–H and O–H groups in total. The van der Waals surface area contributed by atoms with Crippen molar-refractivity contribution >= 4 is 0 Å². The van der Waals surface area contributed by atoms with E-state index in [0.29, 0.717) is 0 Å². The first kappa shape index (κ1) is 29.2. The van der Waals surface area contributed by atoms with Crippen LogP contribution in [0.2, 0.25) is 0 Å². The van der Waals surface area contributed by atoms with Gasteiger partial charge < -0.3 is 16.0 Å². The molecule has 0 spiro atoms. The van der Waals surface area contributed by atoms with Crippen molar-refractivity contribution < 1.29 is 21.7 Å². The molecule has 0 saturated heterocycles. The summed E-state index contributed by atoms with van der Waals surface area (Å²) >= 11 is 0. The van der Waals surface area contributed by atoms with Gasteiger partial charge in [0.1, 0.15) is 0 Å². The first-order valence-corrected chi connectivity index (χ1v) is 3.50. The Bertz CT molecular complexity index is 39.1. The maximum atomic E-state index is 3.50. The average Bonchev–Trinajstić information content (AvgIpc) is 1.92. The molecule has 0 atom stereocenters. The molecule has 4 heteroatoms. The van der Waals surface area contributed by atoms with Gasteiger partial charge in [-0.05, 0) is 0 Å². The van der Waals surface area contributed by atoms with Crippen molar-refractivity contribution in [2.75, 3.05) is 42.3 Å². The fraction of sp³-hybridized carbons (Fsp3) is 0.667. The zero-order valence-corrected chi connectivity index (χ0v) is 11.4. The second-order valence-corrected chi connectivity index (χ2v) is 1.63. The van der Waals surface area contributed by atoms with Crippen LogP contribution in [0.4, 0.5) is 0 Å².